The molecule has 4 rings (SSSR count). The van der Waals surface area contributed by atoms with Gasteiger partial charge >= 0.3 is 18.4 Å². The van der Waals surface area contributed by atoms with Crippen LogP contribution in [-0.4, -0.2) is 23.0 Å². The SMILES string of the molecule is CN(Cc1cc(C(F)(F)F)cc(C(F)(F)F)c1)C(=O)Oc1cnc2ccccc2c1-c1ccccc1. The molecule has 0 atom stereocenters. The predicted octanol–water partition coefficient (Wildman–Crippen LogP) is 7.57. The van der Waals surface area contributed by atoms with Crippen LogP contribution in [0.3, 0.4) is 0 Å². The number of alkyl halides is 6. The van der Waals surface area contributed by atoms with Gasteiger partial charge in [-0.1, -0.05) is 48.5 Å². The topological polar surface area (TPSA) is 42.4 Å². The molecule has 4 aromatic rings. The number of pyridine rings is 1. The van der Waals surface area contributed by atoms with Gasteiger partial charge in [0.15, 0.2) is 5.75 Å². The summed E-state index contributed by atoms with van der Waals surface area (Å²) in [6, 6.07) is 17.4. The van der Waals surface area contributed by atoms with E-state index in [1.165, 1.54) is 13.2 Å². The van der Waals surface area contributed by atoms with Gasteiger partial charge in [0, 0.05) is 24.5 Å². The Kier molecular flexibility index (Phi) is 6.62. The number of ether oxygens (including phenoxy) is 1. The van der Waals surface area contributed by atoms with Gasteiger partial charge in [-0.25, -0.2) is 4.79 Å². The van der Waals surface area contributed by atoms with Gasteiger partial charge in [-0.15, -0.1) is 0 Å². The molecule has 0 aliphatic carbocycles. The average molecular weight is 504 g/mol. The van der Waals surface area contributed by atoms with Crippen LogP contribution >= 0.6 is 0 Å². The van der Waals surface area contributed by atoms with Crippen molar-refractivity contribution in [2.45, 2.75) is 18.9 Å². The van der Waals surface area contributed by atoms with Crippen LogP contribution in [0.2, 0.25) is 0 Å². The fourth-order valence-corrected chi connectivity index (χ4v) is 3.72. The third kappa shape index (κ3) is 5.42. The Hall–Kier alpha value is -4.08. The second-order valence-corrected chi connectivity index (χ2v) is 8.02. The van der Waals surface area contributed by atoms with E-state index in [9.17, 15) is 31.1 Å². The summed E-state index contributed by atoms with van der Waals surface area (Å²) in [6.07, 6.45) is -9.61. The average Bonchev–Trinajstić information content (AvgIpc) is 2.83. The number of aromatic nitrogens is 1. The van der Waals surface area contributed by atoms with Crippen LogP contribution in [0.15, 0.2) is 79.0 Å². The second-order valence-electron chi connectivity index (χ2n) is 8.02. The number of carbonyl (C=O) groups excluding carboxylic acids is 1. The quantitative estimate of drug-likeness (QED) is 0.269. The third-order valence-electron chi connectivity index (χ3n) is 5.38. The lowest BCUT2D eigenvalue weighted by molar-refractivity contribution is -0.143. The number of carbonyl (C=O) groups is 1. The Morgan fingerprint density at radius 2 is 1.44 bits per heavy atom. The minimum atomic E-state index is -4.99. The van der Waals surface area contributed by atoms with Crippen molar-refractivity contribution in [2.24, 2.45) is 0 Å². The highest BCUT2D eigenvalue weighted by Gasteiger charge is 2.37. The van der Waals surface area contributed by atoms with E-state index in [1.54, 1.807) is 36.4 Å². The molecule has 0 saturated carbocycles. The first-order chi connectivity index (χ1) is 16.9. The number of hydrogen-bond acceptors (Lipinski definition) is 3. The van der Waals surface area contributed by atoms with Crippen molar-refractivity contribution in [1.82, 2.24) is 9.88 Å². The van der Waals surface area contributed by atoms with Crippen LogP contribution in [-0.2, 0) is 18.9 Å². The first-order valence-corrected chi connectivity index (χ1v) is 10.6. The minimum Gasteiger partial charge on any atom is -0.408 e. The van der Waals surface area contributed by atoms with Crippen LogP contribution in [0.25, 0.3) is 22.0 Å². The first-order valence-electron chi connectivity index (χ1n) is 10.6. The molecule has 4 nitrogen and oxygen atoms in total. The van der Waals surface area contributed by atoms with Gasteiger partial charge in [0.25, 0.3) is 0 Å². The lowest BCUT2D eigenvalue weighted by atomic mass is 10.0. The first kappa shape index (κ1) is 25.0. The summed E-state index contributed by atoms with van der Waals surface area (Å²) in [6.45, 7) is -0.548. The van der Waals surface area contributed by atoms with Gasteiger partial charge in [-0.05, 0) is 35.4 Å². The number of benzene rings is 3. The van der Waals surface area contributed by atoms with Gasteiger partial charge in [0.1, 0.15) is 0 Å². The minimum absolute atomic E-state index is 0.0364. The smallest absolute Gasteiger partial charge is 0.408 e. The van der Waals surface area contributed by atoms with E-state index < -0.39 is 36.1 Å². The van der Waals surface area contributed by atoms with Crippen LogP contribution < -0.4 is 4.74 Å². The lowest BCUT2D eigenvalue weighted by Gasteiger charge is -2.20. The summed E-state index contributed by atoms with van der Waals surface area (Å²) < 4.78 is 84.6. The fourth-order valence-electron chi connectivity index (χ4n) is 3.72. The monoisotopic (exact) mass is 504 g/mol. The molecule has 0 unspecified atom stereocenters. The maximum atomic E-state index is 13.2. The molecule has 0 fully saturated rings. The second kappa shape index (κ2) is 9.52. The van der Waals surface area contributed by atoms with Crippen LogP contribution in [0.4, 0.5) is 31.1 Å². The van der Waals surface area contributed by atoms with Crippen molar-refractivity contribution in [3.63, 3.8) is 0 Å². The van der Waals surface area contributed by atoms with Gasteiger partial charge in [0.05, 0.1) is 22.8 Å². The maximum absolute atomic E-state index is 13.2. The number of para-hydroxylation sites is 1. The molecule has 0 saturated heterocycles. The lowest BCUT2D eigenvalue weighted by Crippen LogP contribution is -2.29. The predicted molar refractivity (Wildman–Crippen MR) is 121 cm³/mol. The molecule has 0 spiro atoms. The van der Waals surface area contributed by atoms with E-state index in [1.807, 2.05) is 18.2 Å². The molecule has 186 valence electrons. The summed E-state index contributed by atoms with van der Waals surface area (Å²) in [5, 5.41) is 0.698. The van der Waals surface area contributed by atoms with Gasteiger partial charge < -0.3 is 9.64 Å². The molecule has 1 heterocycles. The number of hydrogen-bond donors (Lipinski definition) is 0. The summed E-state index contributed by atoms with van der Waals surface area (Å²) in [5.74, 6) is 0.0942. The number of nitrogens with zero attached hydrogens (tertiary/aromatic N) is 2. The van der Waals surface area contributed by atoms with Crippen molar-refractivity contribution >= 4 is 17.0 Å². The van der Waals surface area contributed by atoms with Crippen LogP contribution in [0, 0.1) is 0 Å². The summed E-state index contributed by atoms with van der Waals surface area (Å²) in [5.41, 5.74) is -1.32. The highest BCUT2D eigenvalue weighted by atomic mass is 19.4. The largest absolute Gasteiger partial charge is 0.416 e. The van der Waals surface area contributed by atoms with Crippen molar-refractivity contribution in [3.8, 4) is 16.9 Å². The molecule has 10 heteroatoms. The molecule has 36 heavy (non-hydrogen) atoms. The van der Waals surface area contributed by atoms with Crippen LogP contribution in [0.1, 0.15) is 16.7 Å². The van der Waals surface area contributed by atoms with Crippen molar-refractivity contribution in [2.75, 3.05) is 7.05 Å². The Balaban J connectivity index is 1.65. The molecule has 1 aromatic heterocycles. The van der Waals surface area contributed by atoms with E-state index in [-0.39, 0.29) is 17.4 Å². The van der Waals surface area contributed by atoms with Crippen molar-refractivity contribution < 1.29 is 35.9 Å². The number of fused-ring (bicyclic) bond motifs is 1. The van der Waals surface area contributed by atoms with Crippen molar-refractivity contribution in [3.05, 3.63) is 95.7 Å². The molecule has 0 radical (unpaired) electrons. The summed E-state index contributed by atoms with van der Waals surface area (Å²) in [7, 11) is 1.21. The third-order valence-corrected chi connectivity index (χ3v) is 5.38. The number of rotatable bonds is 4. The van der Waals surface area contributed by atoms with E-state index in [0.29, 0.717) is 28.6 Å². The molecule has 0 bridgehead atoms. The summed E-state index contributed by atoms with van der Waals surface area (Å²) >= 11 is 0. The summed E-state index contributed by atoms with van der Waals surface area (Å²) in [4.78, 5) is 18.0. The van der Waals surface area contributed by atoms with Gasteiger partial charge in [0.2, 0.25) is 0 Å². The molecule has 0 N–H and O–H groups in total. The molecule has 1 amide bonds. The zero-order valence-corrected chi connectivity index (χ0v) is 18.7. The number of halogens is 6. The Labute approximate surface area is 201 Å². The van der Waals surface area contributed by atoms with Gasteiger partial charge in [-0.2, -0.15) is 26.3 Å². The van der Waals surface area contributed by atoms with Gasteiger partial charge in [-0.3, -0.25) is 4.98 Å². The normalized spacial score (nSPS) is 12.0. The molecule has 0 aliphatic rings. The Morgan fingerprint density at radius 3 is 2.06 bits per heavy atom. The molecule has 0 aliphatic heterocycles. The molecule has 3 aromatic carbocycles. The fraction of sp³-hybridized carbons (Fsp3) is 0.154. The Morgan fingerprint density at radius 1 is 0.861 bits per heavy atom. The maximum Gasteiger partial charge on any atom is 0.416 e. The highest BCUT2D eigenvalue weighted by molar-refractivity contribution is 5.98. The van der Waals surface area contributed by atoms with E-state index >= 15 is 0 Å². The zero-order chi connectivity index (χ0) is 26.1. The molecular weight excluding hydrogens is 486 g/mol. The Bertz CT molecular complexity index is 1370. The van der Waals surface area contributed by atoms with E-state index in [4.69, 9.17) is 4.74 Å². The highest BCUT2D eigenvalue weighted by Crippen LogP contribution is 2.38. The van der Waals surface area contributed by atoms with Crippen LogP contribution in [0.5, 0.6) is 5.75 Å². The van der Waals surface area contributed by atoms with E-state index in [2.05, 4.69) is 4.98 Å². The van der Waals surface area contributed by atoms with Crippen molar-refractivity contribution in [1.29, 1.82) is 0 Å². The standard InChI is InChI=1S/C26H18F6N2O2/c1-34(15-16-11-18(25(27,28)29)13-19(12-16)26(30,31)32)24(35)36-22-14-33-21-10-6-5-9-20(21)23(22)17-7-3-2-4-8-17/h2-14H,15H2,1H3. The zero-order valence-electron chi connectivity index (χ0n) is 18.7. The number of amides is 1. The molecular formula is C26H18F6N2O2. The van der Waals surface area contributed by atoms with E-state index in [0.717, 1.165) is 10.5 Å².